The summed E-state index contributed by atoms with van der Waals surface area (Å²) in [6, 6.07) is 2.13. The topological polar surface area (TPSA) is 55.1 Å². The SMILES string of the molecule is N[C@H]1CCCC[C@H]1NC(=O)c1ccsc1. The average Bonchev–Trinajstić information content (AvgIpc) is 2.74. The average molecular weight is 224 g/mol. The summed E-state index contributed by atoms with van der Waals surface area (Å²) in [7, 11) is 0. The molecule has 3 N–H and O–H groups in total. The number of hydrogen-bond acceptors (Lipinski definition) is 3. The first-order valence-electron chi connectivity index (χ1n) is 5.36. The summed E-state index contributed by atoms with van der Waals surface area (Å²) in [5.74, 6) is 0.0126. The molecule has 0 saturated heterocycles. The van der Waals surface area contributed by atoms with Crippen molar-refractivity contribution in [2.75, 3.05) is 0 Å². The van der Waals surface area contributed by atoms with Crippen LogP contribution < -0.4 is 11.1 Å². The molecule has 1 aliphatic rings. The molecule has 4 heteroatoms. The highest BCUT2D eigenvalue weighted by Crippen LogP contribution is 2.17. The Morgan fingerprint density at radius 1 is 1.47 bits per heavy atom. The van der Waals surface area contributed by atoms with Gasteiger partial charge in [0.1, 0.15) is 0 Å². The van der Waals surface area contributed by atoms with E-state index in [-0.39, 0.29) is 18.0 Å². The quantitative estimate of drug-likeness (QED) is 0.804. The van der Waals surface area contributed by atoms with Gasteiger partial charge in [-0.1, -0.05) is 12.8 Å². The minimum absolute atomic E-state index is 0.0126. The molecule has 1 aromatic rings. The summed E-state index contributed by atoms with van der Waals surface area (Å²) in [5.41, 5.74) is 6.72. The van der Waals surface area contributed by atoms with Crippen molar-refractivity contribution in [3.8, 4) is 0 Å². The van der Waals surface area contributed by atoms with Crippen LogP contribution in [0.2, 0.25) is 0 Å². The van der Waals surface area contributed by atoms with Gasteiger partial charge in [-0.15, -0.1) is 0 Å². The van der Waals surface area contributed by atoms with Crippen molar-refractivity contribution in [3.05, 3.63) is 22.4 Å². The summed E-state index contributed by atoms with van der Waals surface area (Å²) in [6.07, 6.45) is 4.39. The Labute approximate surface area is 93.7 Å². The van der Waals surface area contributed by atoms with Crippen molar-refractivity contribution < 1.29 is 4.79 Å². The zero-order chi connectivity index (χ0) is 10.7. The highest BCUT2D eigenvalue weighted by molar-refractivity contribution is 7.08. The van der Waals surface area contributed by atoms with Crippen LogP contribution in [-0.2, 0) is 0 Å². The van der Waals surface area contributed by atoms with E-state index in [9.17, 15) is 4.79 Å². The monoisotopic (exact) mass is 224 g/mol. The maximum absolute atomic E-state index is 11.8. The van der Waals surface area contributed by atoms with E-state index in [0.29, 0.717) is 0 Å². The second-order valence-electron chi connectivity index (χ2n) is 4.04. The van der Waals surface area contributed by atoms with Gasteiger partial charge in [-0.2, -0.15) is 11.3 Å². The molecule has 0 unspecified atom stereocenters. The standard InChI is InChI=1S/C11H16N2OS/c12-9-3-1-2-4-10(9)13-11(14)8-5-6-15-7-8/h5-7,9-10H,1-4,12H2,(H,13,14)/t9-,10+/m0/s1. The molecule has 0 spiro atoms. The molecular weight excluding hydrogens is 208 g/mol. The zero-order valence-corrected chi connectivity index (χ0v) is 9.43. The smallest absolute Gasteiger partial charge is 0.252 e. The summed E-state index contributed by atoms with van der Waals surface area (Å²) in [5, 5.41) is 6.79. The van der Waals surface area contributed by atoms with Crippen LogP contribution in [0.15, 0.2) is 16.8 Å². The molecule has 1 amide bonds. The Kier molecular flexibility index (Phi) is 3.38. The lowest BCUT2D eigenvalue weighted by Crippen LogP contribution is -2.49. The molecule has 2 rings (SSSR count). The summed E-state index contributed by atoms with van der Waals surface area (Å²) >= 11 is 1.54. The lowest BCUT2D eigenvalue weighted by Gasteiger charge is -2.29. The molecule has 3 nitrogen and oxygen atoms in total. The van der Waals surface area contributed by atoms with Crippen LogP contribution in [0.3, 0.4) is 0 Å². The number of nitrogens with one attached hydrogen (secondary N) is 1. The predicted octanol–water partition coefficient (Wildman–Crippen LogP) is 1.75. The third-order valence-corrected chi connectivity index (χ3v) is 3.60. The Morgan fingerprint density at radius 2 is 2.27 bits per heavy atom. The van der Waals surface area contributed by atoms with Crippen LogP contribution in [0.4, 0.5) is 0 Å². The zero-order valence-electron chi connectivity index (χ0n) is 8.61. The molecular formula is C11H16N2OS. The van der Waals surface area contributed by atoms with E-state index >= 15 is 0 Å². The molecule has 0 radical (unpaired) electrons. The van der Waals surface area contributed by atoms with Gasteiger partial charge in [0, 0.05) is 23.0 Å². The first-order chi connectivity index (χ1) is 7.27. The van der Waals surface area contributed by atoms with Crippen LogP contribution in [-0.4, -0.2) is 18.0 Å². The Hall–Kier alpha value is -0.870. The van der Waals surface area contributed by atoms with E-state index in [2.05, 4.69) is 5.32 Å². The summed E-state index contributed by atoms with van der Waals surface area (Å²) < 4.78 is 0. The van der Waals surface area contributed by atoms with Gasteiger partial charge in [0.25, 0.3) is 5.91 Å². The Bertz CT molecular complexity index is 323. The summed E-state index contributed by atoms with van der Waals surface area (Å²) in [6.45, 7) is 0. The highest BCUT2D eigenvalue weighted by atomic mass is 32.1. The van der Waals surface area contributed by atoms with E-state index in [4.69, 9.17) is 5.73 Å². The maximum Gasteiger partial charge on any atom is 0.252 e. The molecule has 1 heterocycles. The third kappa shape index (κ3) is 2.58. The third-order valence-electron chi connectivity index (χ3n) is 2.92. The van der Waals surface area contributed by atoms with Crippen LogP contribution in [0.25, 0.3) is 0 Å². The van der Waals surface area contributed by atoms with Gasteiger partial charge in [0.05, 0.1) is 0 Å². The minimum atomic E-state index is 0.0126. The van der Waals surface area contributed by atoms with Crippen LogP contribution >= 0.6 is 11.3 Å². The summed E-state index contributed by atoms with van der Waals surface area (Å²) in [4.78, 5) is 11.8. The molecule has 1 saturated carbocycles. The Balaban J connectivity index is 1.93. The van der Waals surface area contributed by atoms with E-state index in [1.807, 2.05) is 16.8 Å². The Morgan fingerprint density at radius 3 is 2.93 bits per heavy atom. The van der Waals surface area contributed by atoms with Crippen molar-refractivity contribution >= 4 is 17.2 Å². The fourth-order valence-corrected chi connectivity index (χ4v) is 2.62. The largest absolute Gasteiger partial charge is 0.348 e. The molecule has 1 aliphatic carbocycles. The second kappa shape index (κ2) is 4.77. The predicted molar refractivity (Wildman–Crippen MR) is 62.0 cm³/mol. The first-order valence-corrected chi connectivity index (χ1v) is 6.30. The number of hydrogen-bond donors (Lipinski definition) is 2. The fourth-order valence-electron chi connectivity index (χ4n) is 1.98. The first kappa shape index (κ1) is 10.6. The molecule has 0 aliphatic heterocycles. The van der Waals surface area contributed by atoms with Gasteiger partial charge in [-0.25, -0.2) is 0 Å². The van der Waals surface area contributed by atoms with Crippen molar-refractivity contribution in [1.82, 2.24) is 5.32 Å². The van der Waals surface area contributed by atoms with Crippen LogP contribution in [0.1, 0.15) is 36.0 Å². The number of thiophene rings is 1. The van der Waals surface area contributed by atoms with Crippen molar-refractivity contribution in [2.45, 2.75) is 37.8 Å². The van der Waals surface area contributed by atoms with Gasteiger partial charge in [0.2, 0.25) is 0 Å². The minimum Gasteiger partial charge on any atom is -0.348 e. The lowest BCUT2D eigenvalue weighted by atomic mass is 9.91. The van der Waals surface area contributed by atoms with E-state index in [1.54, 1.807) is 0 Å². The van der Waals surface area contributed by atoms with Gasteiger partial charge in [-0.3, -0.25) is 4.79 Å². The van der Waals surface area contributed by atoms with Crippen molar-refractivity contribution in [2.24, 2.45) is 5.73 Å². The van der Waals surface area contributed by atoms with E-state index in [1.165, 1.54) is 24.2 Å². The molecule has 15 heavy (non-hydrogen) atoms. The molecule has 2 atom stereocenters. The van der Waals surface area contributed by atoms with Crippen LogP contribution in [0.5, 0.6) is 0 Å². The number of carbonyl (C=O) groups excluding carboxylic acids is 1. The van der Waals surface area contributed by atoms with Crippen molar-refractivity contribution in [1.29, 1.82) is 0 Å². The van der Waals surface area contributed by atoms with Gasteiger partial charge in [0.15, 0.2) is 0 Å². The molecule has 0 aromatic carbocycles. The fraction of sp³-hybridized carbons (Fsp3) is 0.545. The number of carbonyl (C=O) groups is 1. The second-order valence-corrected chi connectivity index (χ2v) is 4.82. The number of nitrogens with two attached hydrogens (primary N) is 1. The van der Waals surface area contributed by atoms with Gasteiger partial charge >= 0.3 is 0 Å². The van der Waals surface area contributed by atoms with Crippen LogP contribution in [0, 0.1) is 0 Å². The molecule has 1 fully saturated rings. The maximum atomic E-state index is 11.8. The van der Waals surface area contributed by atoms with E-state index < -0.39 is 0 Å². The highest BCUT2D eigenvalue weighted by Gasteiger charge is 2.23. The van der Waals surface area contributed by atoms with Crippen molar-refractivity contribution in [3.63, 3.8) is 0 Å². The molecule has 82 valence electrons. The van der Waals surface area contributed by atoms with Gasteiger partial charge in [-0.05, 0) is 24.3 Å². The molecule has 1 aromatic heterocycles. The van der Waals surface area contributed by atoms with E-state index in [0.717, 1.165) is 18.4 Å². The van der Waals surface area contributed by atoms with Gasteiger partial charge < -0.3 is 11.1 Å². The number of amides is 1. The lowest BCUT2D eigenvalue weighted by molar-refractivity contribution is 0.0922. The normalized spacial score (nSPS) is 26.2. The molecule has 0 bridgehead atoms. The number of rotatable bonds is 2.